The van der Waals surface area contributed by atoms with E-state index in [1.54, 1.807) is 24.3 Å². The molecule has 0 spiro atoms. The lowest BCUT2D eigenvalue weighted by Gasteiger charge is -2.12. The normalized spacial score (nSPS) is 12.0. The molecule has 0 fully saturated rings. The number of benzene rings is 2. The number of hydrogen-bond donors (Lipinski definition) is 1. The summed E-state index contributed by atoms with van der Waals surface area (Å²) in [7, 11) is 1.92. The second kappa shape index (κ2) is 9.03. The molecule has 0 amide bonds. The van der Waals surface area contributed by atoms with Gasteiger partial charge in [0.1, 0.15) is 12.4 Å². The predicted molar refractivity (Wildman–Crippen MR) is 110 cm³/mol. The Morgan fingerprint density at radius 2 is 1.96 bits per heavy atom. The van der Waals surface area contributed by atoms with Gasteiger partial charge in [0.05, 0.1) is 6.10 Å². The number of nitrogens with zero attached hydrogens (tertiary/aromatic N) is 3. The van der Waals surface area contributed by atoms with E-state index in [9.17, 15) is 9.90 Å². The molecule has 0 bridgehead atoms. The number of carbonyl (C=O) groups is 1. The van der Waals surface area contributed by atoms with E-state index in [0.29, 0.717) is 17.1 Å². The summed E-state index contributed by atoms with van der Waals surface area (Å²) in [5.74, 6) is 1.86. The van der Waals surface area contributed by atoms with Crippen molar-refractivity contribution in [3.63, 3.8) is 0 Å². The molecule has 1 N–H and O–H groups in total. The average molecular weight is 398 g/mol. The van der Waals surface area contributed by atoms with Crippen LogP contribution in [0.25, 0.3) is 11.4 Å². The summed E-state index contributed by atoms with van der Waals surface area (Å²) in [6.07, 6.45) is -0.656. The fourth-order valence-corrected chi connectivity index (χ4v) is 3.49. The summed E-state index contributed by atoms with van der Waals surface area (Å²) >= 11 is 1.43. The Morgan fingerprint density at radius 3 is 2.64 bits per heavy atom. The van der Waals surface area contributed by atoms with Gasteiger partial charge in [-0.25, -0.2) is 0 Å². The Kier molecular flexibility index (Phi) is 6.49. The van der Waals surface area contributed by atoms with Gasteiger partial charge in [0.25, 0.3) is 0 Å². The maximum absolute atomic E-state index is 11.3. The first-order valence-corrected chi connectivity index (χ1v) is 9.93. The second-order valence-corrected chi connectivity index (χ2v) is 7.58. The zero-order valence-electron chi connectivity index (χ0n) is 16.1. The summed E-state index contributed by atoms with van der Waals surface area (Å²) in [5.41, 5.74) is 2.81. The van der Waals surface area contributed by atoms with Crippen molar-refractivity contribution in [1.29, 1.82) is 0 Å². The van der Waals surface area contributed by atoms with Crippen LogP contribution in [0.4, 0.5) is 0 Å². The topological polar surface area (TPSA) is 77.2 Å². The number of ketones is 1. The van der Waals surface area contributed by atoms with Crippen LogP contribution in [0, 0.1) is 6.92 Å². The summed E-state index contributed by atoms with van der Waals surface area (Å²) in [5, 5.41) is 19.4. The first-order chi connectivity index (χ1) is 13.4. The van der Waals surface area contributed by atoms with Crippen molar-refractivity contribution in [3.8, 4) is 17.1 Å². The minimum Gasteiger partial charge on any atom is -0.491 e. The zero-order valence-corrected chi connectivity index (χ0v) is 16.9. The van der Waals surface area contributed by atoms with Crippen LogP contribution in [0.5, 0.6) is 5.75 Å². The number of aromatic nitrogens is 3. The highest BCUT2D eigenvalue weighted by atomic mass is 32.2. The molecular formula is C21H23N3O3S. The molecule has 1 heterocycles. The fourth-order valence-electron chi connectivity index (χ4n) is 2.67. The number of rotatable bonds is 8. The lowest BCUT2D eigenvalue weighted by Crippen LogP contribution is -2.20. The van der Waals surface area contributed by atoms with Crippen LogP contribution in [0.2, 0.25) is 0 Å². The van der Waals surface area contributed by atoms with Crippen LogP contribution >= 0.6 is 11.8 Å². The van der Waals surface area contributed by atoms with Crippen LogP contribution in [-0.2, 0) is 7.05 Å². The molecule has 1 unspecified atom stereocenters. The largest absolute Gasteiger partial charge is 0.491 e. The molecule has 1 aromatic heterocycles. The van der Waals surface area contributed by atoms with E-state index < -0.39 is 6.10 Å². The van der Waals surface area contributed by atoms with Crippen LogP contribution in [-0.4, -0.2) is 44.1 Å². The van der Waals surface area contributed by atoms with Crippen molar-refractivity contribution in [2.75, 3.05) is 12.4 Å². The van der Waals surface area contributed by atoms with Gasteiger partial charge < -0.3 is 14.4 Å². The molecule has 0 aliphatic rings. The van der Waals surface area contributed by atoms with Crippen molar-refractivity contribution in [3.05, 3.63) is 59.7 Å². The van der Waals surface area contributed by atoms with Crippen molar-refractivity contribution >= 4 is 17.5 Å². The van der Waals surface area contributed by atoms with Crippen molar-refractivity contribution in [1.82, 2.24) is 14.8 Å². The van der Waals surface area contributed by atoms with E-state index in [1.165, 1.54) is 24.2 Å². The number of ether oxygens (including phenoxy) is 1. The van der Waals surface area contributed by atoms with Gasteiger partial charge in [-0.15, -0.1) is 10.2 Å². The third-order valence-corrected chi connectivity index (χ3v) is 5.38. The summed E-state index contributed by atoms with van der Waals surface area (Å²) in [6, 6.07) is 15.0. The molecule has 0 saturated heterocycles. The van der Waals surface area contributed by atoms with Gasteiger partial charge in [0.2, 0.25) is 0 Å². The zero-order chi connectivity index (χ0) is 20.1. The van der Waals surface area contributed by atoms with Gasteiger partial charge in [-0.05, 0) is 44.2 Å². The molecule has 0 aliphatic carbocycles. The molecule has 146 valence electrons. The standard InChI is InChI=1S/C21H23N3O3S/c1-14-5-4-6-17(11-14)20-22-23-21(24(20)3)28-13-18(26)12-27-19-9-7-16(8-10-19)15(2)25/h4-11,18,26H,12-13H2,1-3H3. The number of hydrogen-bond acceptors (Lipinski definition) is 6. The van der Waals surface area contributed by atoms with Gasteiger partial charge in [0, 0.05) is 23.9 Å². The van der Waals surface area contributed by atoms with Crippen LogP contribution in [0.15, 0.2) is 53.7 Å². The minimum atomic E-state index is -0.656. The SMILES string of the molecule is CC(=O)c1ccc(OCC(O)CSc2nnc(-c3cccc(C)c3)n2C)cc1. The number of Topliss-reactive ketones (excluding diaryl/α,β-unsaturated/α-hetero) is 1. The molecular weight excluding hydrogens is 374 g/mol. The van der Waals surface area contributed by atoms with Gasteiger partial charge in [-0.2, -0.15) is 0 Å². The molecule has 0 aliphatic heterocycles. The van der Waals surface area contributed by atoms with E-state index in [0.717, 1.165) is 16.5 Å². The summed E-state index contributed by atoms with van der Waals surface area (Å²) in [4.78, 5) is 11.3. The number of carbonyl (C=O) groups excluding carboxylic acids is 1. The highest BCUT2D eigenvalue weighted by Crippen LogP contribution is 2.24. The molecule has 2 aromatic carbocycles. The molecule has 7 heteroatoms. The van der Waals surface area contributed by atoms with Gasteiger partial charge >= 0.3 is 0 Å². The Labute approximate surface area is 168 Å². The van der Waals surface area contributed by atoms with E-state index in [-0.39, 0.29) is 12.4 Å². The molecule has 28 heavy (non-hydrogen) atoms. The quantitative estimate of drug-likeness (QED) is 0.463. The van der Waals surface area contributed by atoms with Gasteiger partial charge in [0.15, 0.2) is 16.8 Å². The average Bonchev–Trinajstić information content (AvgIpc) is 3.05. The van der Waals surface area contributed by atoms with E-state index in [4.69, 9.17) is 4.74 Å². The lowest BCUT2D eigenvalue weighted by atomic mass is 10.1. The third-order valence-electron chi connectivity index (χ3n) is 4.22. The highest BCUT2D eigenvalue weighted by molar-refractivity contribution is 7.99. The van der Waals surface area contributed by atoms with Crippen molar-refractivity contribution < 1.29 is 14.6 Å². The maximum Gasteiger partial charge on any atom is 0.191 e. The van der Waals surface area contributed by atoms with Gasteiger partial charge in [-0.3, -0.25) is 4.79 Å². The first-order valence-electron chi connectivity index (χ1n) is 8.95. The monoisotopic (exact) mass is 397 g/mol. The van der Waals surface area contributed by atoms with Crippen LogP contribution in [0.1, 0.15) is 22.8 Å². The Bertz CT molecular complexity index is 954. The Morgan fingerprint density at radius 1 is 1.21 bits per heavy atom. The Balaban J connectivity index is 1.53. The third kappa shape index (κ3) is 4.99. The molecule has 0 saturated carbocycles. The summed E-state index contributed by atoms with van der Waals surface area (Å²) in [6.45, 7) is 3.72. The summed E-state index contributed by atoms with van der Waals surface area (Å²) < 4.78 is 7.52. The predicted octanol–water partition coefficient (Wildman–Crippen LogP) is 3.53. The first kappa shape index (κ1) is 20.1. The smallest absolute Gasteiger partial charge is 0.191 e. The highest BCUT2D eigenvalue weighted by Gasteiger charge is 2.14. The molecule has 1 atom stereocenters. The maximum atomic E-state index is 11.3. The van der Waals surface area contributed by atoms with Crippen LogP contribution in [0.3, 0.4) is 0 Å². The number of thioether (sulfide) groups is 1. The second-order valence-electron chi connectivity index (χ2n) is 6.59. The van der Waals surface area contributed by atoms with Crippen molar-refractivity contribution in [2.45, 2.75) is 25.1 Å². The molecule has 3 rings (SSSR count). The van der Waals surface area contributed by atoms with E-state index >= 15 is 0 Å². The number of aliphatic hydroxyl groups is 1. The van der Waals surface area contributed by atoms with E-state index in [2.05, 4.69) is 16.3 Å². The minimum absolute atomic E-state index is 0.0108. The number of aryl methyl sites for hydroxylation is 1. The molecule has 0 radical (unpaired) electrons. The molecule has 3 aromatic rings. The van der Waals surface area contributed by atoms with Crippen molar-refractivity contribution in [2.24, 2.45) is 7.05 Å². The lowest BCUT2D eigenvalue weighted by molar-refractivity contribution is 0.101. The number of aliphatic hydroxyl groups excluding tert-OH is 1. The Hall–Kier alpha value is -2.64. The van der Waals surface area contributed by atoms with E-state index in [1.807, 2.05) is 36.7 Å². The van der Waals surface area contributed by atoms with Gasteiger partial charge in [-0.1, -0.05) is 35.5 Å². The van der Waals surface area contributed by atoms with Crippen LogP contribution < -0.4 is 4.74 Å². The molecule has 6 nitrogen and oxygen atoms in total. The fraction of sp³-hybridized carbons (Fsp3) is 0.286.